The molecule has 16 heavy (non-hydrogen) atoms. The van der Waals surface area contributed by atoms with Crippen LogP contribution in [0, 0.1) is 12.3 Å². The Morgan fingerprint density at radius 3 is 2.81 bits per heavy atom. The predicted molar refractivity (Wildman–Crippen MR) is 68.1 cm³/mol. The van der Waals surface area contributed by atoms with Crippen LogP contribution in [-0.4, -0.2) is 17.6 Å². The van der Waals surface area contributed by atoms with Crippen molar-refractivity contribution in [3.63, 3.8) is 0 Å². The molecule has 1 aromatic rings. The van der Waals surface area contributed by atoms with Crippen LogP contribution in [0.25, 0.3) is 0 Å². The van der Waals surface area contributed by atoms with E-state index in [1.54, 1.807) is 0 Å². The van der Waals surface area contributed by atoms with Crippen LogP contribution in [0.1, 0.15) is 31.7 Å². The van der Waals surface area contributed by atoms with Crippen LogP contribution in [0.2, 0.25) is 0 Å². The van der Waals surface area contributed by atoms with Crippen LogP contribution >= 0.6 is 0 Å². The standard InChI is InChI=1S/C14H20N2/c1-3-5-6-14(16-9-4-2)12-13-7-10-15-11-8-13/h1,7-8,10-11,14,16H,4-6,9,12H2,2H3. The van der Waals surface area contributed by atoms with E-state index in [4.69, 9.17) is 6.42 Å². The van der Waals surface area contributed by atoms with Crippen molar-refractivity contribution in [3.05, 3.63) is 30.1 Å². The van der Waals surface area contributed by atoms with Crippen LogP contribution in [0.5, 0.6) is 0 Å². The molecule has 1 rings (SSSR count). The van der Waals surface area contributed by atoms with Crippen LogP contribution in [0.4, 0.5) is 0 Å². The van der Waals surface area contributed by atoms with Gasteiger partial charge in [-0.25, -0.2) is 0 Å². The fourth-order valence-electron chi connectivity index (χ4n) is 1.69. The molecule has 0 saturated carbocycles. The first-order valence-corrected chi connectivity index (χ1v) is 5.92. The maximum atomic E-state index is 5.31. The summed E-state index contributed by atoms with van der Waals surface area (Å²) in [5.41, 5.74) is 1.32. The molecular formula is C14H20N2. The van der Waals surface area contributed by atoms with E-state index in [1.807, 2.05) is 12.4 Å². The Morgan fingerprint density at radius 2 is 2.19 bits per heavy atom. The summed E-state index contributed by atoms with van der Waals surface area (Å²) in [7, 11) is 0. The van der Waals surface area contributed by atoms with E-state index in [1.165, 1.54) is 5.56 Å². The third-order valence-corrected chi connectivity index (χ3v) is 2.55. The second-order valence-electron chi connectivity index (χ2n) is 3.95. The summed E-state index contributed by atoms with van der Waals surface area (Å²) < 4.78 is 0. The van der Waals surface area contributed by atoms with Crippen molar-refractivity contribution in [3.8, 4) is 12.3 Å². The van der Waals surface area contributed by atoms with E-state index < -0.39 is 0 Å². The van der Waals surface area contributed by atoms with E-state index in [0.29, 0.717) is 6.04 Å². The first-order valence-electron chi connectivity index (χ1n) is 5.92. The quantitative estimate of drug-likeness (QED) is 0.708. The number of aromatic nitrogens is 1. The minimum atomic E-state index is 0.485. The number of terminal acetylenes is 1. The molecule has 0 radical (unpaired) electrons. The first-order chi connectivity index (χ1) is 7.86. The second kappa shape index (κ2) is 7.90. The Balaban J connectivity index is 2.46. The minimum absolute atomic E-state index is 0.485. The van der Waals surface area contributed by atoms with Crippen LogP contribution < -0.4 is 5.32 Å². The molecule has 2 nitrogen and oxygen atoms in total. The maximum Gasteiger partial charge on any atom is 0.0270 e. The molecule has 1 heterocycles. The number of pyridine rings is 1. The lowest BCUT2D eigenvalue weighted by Crippen LogP contribution is -2.31. The zero-order valence-electron chi connectivity index (χ0n) is 9.95. The van der Waals surface area contributed by atoms with Crippen molar-refractivity contribution in [2.75, 3.05) is 6.54 Å². The summed E-state index contributed by atoms with van der Waals surface area (Å²) in [6.07, 6.45) is 13.1. The second-order valence-corrected chi connectivity index (χ2v) is 3.95. The van der Waals surface area contributed by atoms with E-state index in [-0.39, 0.29) is 0 Å². The lowest BCUT2D eigenvalue weighted by Gasteiger charge is -2.17. The third kappa shape index (κ3) is 4.95. The molecule has 0 fully saturated rings. The highest BCUT2D eigenvalue weighted by molar-refractivity contribution is 5.11. The first kappa shape index (κ1) is 12.7. The SMILES string of the molecule is C#CCCC(Cc1ccncc1)NCCC. The van der Waals surface area contributed by atoms with Gasteiger partial charge in [0, 0.05) is 24.9 Å². The zero-order valence-corrected chi connectivity index (χ0v) is 9.95. The minimum Gasteiger partial charge on any atom is -0.314 e. The van der Waals surface area contributed by atoms with Gasteiger partial charge < -0.3 is 5.32 Å². The number of nitrogens with zero attached hydrogens (tertiary/aromatic N) is 1. The molecule has 0 aliphatic heterocycles. The summed E-state index contributed by atoms with van der Waals surface area (Å²) in [4.78, 5) is 4.02. The Labute approximate surface area is 98.5 Å². The molecule has 86 valence electrons. The number of rotatable bonds is 7. The largest absolute Gasteiger partial charge is 0.314 e. The van der Waals surface area contributed by atoms with Gasteiger partial charge in [0.05, 0.1) is 0 Å². The summed E-state index contributed by atoms with van der Waals surface area (Å²) in [6.45, 7) is 3.23. The maximum absolute atomic E-state index is 5.31. The van der Waals surface area contributed by atoms with Crippen LogP contribution in [-0.2, 0) is 6.42 Å². The van der Waals surface area contributed by atoms with Gasteiger partial charge in [-0.3, -0.25) is 4.98 Å². The number of hydrogen-bond acceptors (Lipinski definition) is 2. The Kier molecular flexibility index (Phi) is 6.29. The van der Waals surface area contributed by atoms with E-state index in [2.05, 4.69) is 35.3 Å². The molecule has 0 spiro atoms. The normalized spacial score (nSPS) is 12.0. The molecule has 0 amide bonds. The highest BCUT2D eigenvalue weighted by Crippen LogP contribution is 2.06. The Hall–Kier alpha value is -1.33. The van der Waals surface area contributed by atoms with Crippen LogP contribution in [0.15, 0.2) is 24.5 Å². The van der Waals surface area contributed by atoms with Crippen molar-refractivity contribution in [1.29, 1.82) is 0 Å². The molecule has 1 unspecified atom stereocenters. The molecule has 1 atom stereocenters. The van der Waals surface area contributed by atoms with Gasteiger partial charge in [-0.15, -0.1) is 12.3 Å². The van der Waals surface area contributed by atoms with E-state index >= 15 is 0 Å². The van der Waals surface area contributed by atoms with Gasteiger partial charge in [0.2, 0.25) is 0 Å². The van der Waals surface area contributed by atoms with Crippen molar-refractivity contribution in [1.82, 2.24) is 10.3 Å². The van der Waals surface area contributed by atoms with Crippen molar-refractivity contribution < 1.29 is 0 Å². The highest BCUT2D eigenvalue weighted by atomic mass is 14.9. The molecule has 0 aliphatic carbocycles. The smallest absolute Gasteiger partial charge is 0.0270 e. The number of hydrogen-bond donors (Lipinski definition) is 1. The van der Waals surface area contributed by atoms with Crippen molar-refractivity contribution in [2.24, 2.45) is 0 Å². The van der Waals surface area contributed by atoms with E-state index in [0.717, 1.165) is 32.2 Å². The van der Waals surface area contributed by atoms with Gasteiger partial charge in [0.25, 0.3) is 0 Å². The average molecular weight is 216 g/mol. The monoisotopic (exact) mass is 216 g/mol. The molecule has 1 aromatic heterocycles. The van der Waals surface area contributed by atoms with Crippen LogP contribution in [0.3, 0.4) is 0 Å². The summed E-state index contributed by atoms with van der Waals surface area (Å²) in [6, 6.07) is 4.62. The molecule has 0 aliphatic rings. The fraction of sp³-hybridized carbons (Fsp3) is 0.500. The average Bonchev–Trinajstić information content (AvgIpc) is 2.34. The molecular weight excluding hydrogens is 196 g/mol. The summed E-state index contributed by atoms with van der Waals surface area (Å²) in [5, 5.41) is 3.54. The topological polar surface area (TPSA) is 24.9 Å². The zero-order chi connectivity index (χ0) is 11.6. The molecule has 1 N–H and O–H groups in total. The molecule has 2 heteroatoms. The molecule has 0 aromatic carbocycles. The summed E-state index contributed by atoms with van der Waals surface area (Å²) >= 11 is 0. The van der Waals surface area contributed by atoms with Gasteiger partial charge in [0.15, 0.2) is 0 Å². The number of nitrogens with one attached hydrogen (secondary N) is 1. The Morgan fingerprint density at radius 1 is 1.44 bits per heavy atom. The van der Waals surface area contributed by atoms with Gasteiger partial charge >= 0.3 is 0 Å². The third-order valence-electron chi connectivity index (χ3n) is 2.55. The molecule has 0 saturated heterocycles. The summed E-state index contributed by atoms with van der Waals surface area (Å²) in [5.74, 6) is 2.71. The fourth-order valence-corrected chi connectivity index (χ4v) is 1.69. The lowest BCUT2D eigenvalue weighted by molar-refractivity contribution is 0.483. The van der Waals surface area contributed by atoms with E-state index in [9.17, 15) is 0 Å². The predicted octanol–water partition coefficient (Wildman–Crippen LogP) is 2.41. The highest BCUT2D eigenvalue weighted by Gasteiger charge is 2.07. The van der Waals surface area contributed by atoms with Gasteiger partial charge in [-0.05, 0) is 43.5 Å². The van der Waals surface area contributed by atoms with Crippen molar-refractivity contribution >= 4 is 0 Å². The lowest BCUT2D eigenvalue weighted by atomic mass is 10.0. The molecule has 0 bridgehead atoms. The Bertz CT molecular complexity index is 313. The van der Waals surface area contributed by atoms with Gasteiger partial charge in [-0.1, -0.05) is 6.92 Å². The van der Waals surface area contributed by atoms with Crippen molar-refractivity contribution in [2.45, 2.75) is 38.6 Å². The van der Waals surface area contributed by atoms with Gasteiger partial charge in [0.1, 0.15) is 0 Å². The van der Waals surface area contributed by atoms with Gasteiger partial charge in [-0.2, -0.15) is 0 Å².